The van der Waals surface area contributed by atoms with Crippen molar-refractivity contribution < 1.29 is 0 Å². The molecular formula is C8H11NS. The Morgan fingerprint density at radius 2 is 2.50 bits per heavy atom. The van der Waals surface area contributed by atoms with Gasteiger partial charge in [-0.25, -0.2) is 0 Å². The van der Waals surface area contributed by atoms with E-state index < -0.39 is 0 Å². The Morgan fingerprint density at radius 3 is 3.30 bits per heavy atom. The van der Waals surface area contributed by atoms with Crippen molar-refractivity contribution in [2.75, 3.05) is 6.54 Å². The fourth-order valence-corrected chi connectivity index (χ4v) is 2.44. The summed E-state index contributed by atoms with van der Waals surface area (Å²) < 4.78 is 0. The van der Waals surface area contributed by atoms with Crippen molar-refractivity contribution in [1.29, 1.82) is 0 Å². The lowest BCUT2D eigenvalue weighted by atomic mass is 10.1. The molecule has 0 radical (unpaired) electrons. The number of hydrogen-bond acceptors (Lipinski definition) is 2. The van der Waals surface area contributed by atoms with Gasteiger partial charge < -0.3 is 5.32 Å². The summed E-state index contributed by atoms with van der Waals surface area (Å²) in [4.78, 5) is 1.59. The lowest BCUT2D eigenvalue weighted by molar-refractivity contribution is 0.650. The lowest BCUT2D eigenvalue weighted by Gasteiger charge is -2.12. The first-order valence-electron chi connectivity index (χ1n) is 3.64. The van der Waals surface area contributed by atoms with Gasteiger partial charge in [0.15, 0.2) is 0 Å². The average molecular weight is 153 g/mol. The third-order valence-corrected chi connectivity index (χ3v) is 3.23. The molecule has 0 fully saturated rings. The van der Waals surface area contributed by atoms with Crippen LogP contribution in [-0.4, -0.2) is 6.54 Å². The summed E-state index contributed by atoms with van der Waals surface area (Å²) >= 11 is 1.91. The zero-order valence-electron chi connectivity index (χ0n) is 6.11. The highest BCUT2D eigenvalue weighted by Gasteiger charge is 2.11. The summed E-state index contributed by atoms with van der Waals surface area (Å²) in [6, 6.07) is 0. The second-order valence-electron chi connectivity index (χ2n) is 2.75. The van der Waals surface area contributed by atoms with E-state index in [1.807, 2.05) is 11.3 Å². The molecule has 0 saturated carbocycles. The van der Waals surface area contributed by atoms with E-state index in [4.69, 9.17) is 0 Å². The van der Waals surface area contributed by atoms with Crippen LogP contribution in [0, 0.1) is 6.92 Å². The average Bonchev–Trinajstić information content (AvgIpc) is 2.34. The van der Waals surface area contributed by atoms with Crippen LogP contribution in [0.2, 0.25) is 0 Å². The standard InChI is InChI=1S/C8H11NS/c1-6-5-10-8-2-3-9-4-7(6)8/h5,9H,2-4H2,1H3. The molecule has 2 heteroatoms. The van der Waals surface area contributed by atoms with Gasteiger partial charge in [0.05, 0.1) is 0 Å². The van der Waals surface area contributed by atoms with E-state index in [2.05, 4.69) is 17.6 Å². The van der Waals surface area contributed by atoms with Gasteiger partial charge in [-0.2, -0.15) is 0 Å². The van der Waals surface area contributed by atoms with Crippen LogP contribution in [-0.2, 0) is 13.0 Å². The van der Waals surface area contributed by atoms with E-state index in [0.29, 0.717) is 0 Å². The molecule has 1 aromatic rings. The van der Waals surface area contributed by atoms with E-state index in [9.17, 15) is 0 Å². The first-order chi connectivity index (χ1) is 4.88. The number of rotatable bonds is 0. The predicted molar refractivity (Wildman–Crippen MR) is 44.5 cm³/mol. The Hall–Kier alpha value is -0.340. The normalized spacial score (nSPS) is 16.9. The summed E-state index contributed by atoms with van der Waals surface area (Å²) in [5.41, 5.74) is 3.02. The molecule has 1 aliphatic rings. The molecule has 0 bridgehead atoms. The van der Waals surface area contributed by atoms with Crippen molar-refractivity contribution >= 4 is 11.3 Å². The van der Waals surface area contributed by atoms with Crippen molar-refractivity contribution in [1.82, 2.24) is 5.32 Å². The molecule has 0 aliphatic carbocycles. The first kappa shape index (κ1) is 6.38. The molecule has 54 valence electrons. The minimum absolute atomic E-state index is 1.09. The van der Waals surface area contributed by atoms with Gasteiger partial charge in [0.1, 0.15) is 0 Å². The molecule has 10 heavy (non-hydrogen) atoms. The summed E-state index contributed by atoms with van der Waals surface area (Å²) in [5.74, 6) is 0. The van der Waals surface area contributed by atoms with Gasteiger partial charge in [-0.1, -0.05) is 0 Å². The van der Waals surface area contributed by atoms with Crippen LogP contribution in [0.4, 0.5) is 0 Å². The highest BCUT2D eigenvalue weighted by Crippen LogP contribution is 2.24. The molecular weight excluding hydrogens is 142 g/mol. The predicted octanol–water partition coefficient (Wildman–Crippen LogP) is 1.70. The van der Waals surface area contributed by atoms with Crippen LogP contribution in [0.15, 0.2) is 5.38 Å². The maximum absolute atomic E-state index is 3.37. The van der Waals surface area contributed by atoms with Crippen LogP contribution in [0.25, 0.3) is 0 Å². The van der Waals surface area contributed by atoms with Crippen molar-refractivity contribution in [3.63, 3.8) is 0 Å². The third-order valence-electron chi connectivity index (χ3n) is 2.02. The Bertz CT molecular complexity index is 239. The number of hydrogen-bond donors (Lipinski definition) is 1. The van der Waals surface area contributed by atoms with E-state index >= 15 is 0 Å². The molecule has 1 aliphatic heterocycles. The first-order valence-corrected chi connectivity index (χ1v) is 4.52. The quantitative estimate of drug-likeness (QED) is 0.598. The second-order valence-corrected chi connectivity index (χ2v) is 3.71. The van der Waals surface area contributed by atoms with Crippen LogP contribution in [0.5, 0.6) is 0 Å². The SMILES string of the molecule is Cc1csc2c1CNCC2. The molecule has 1 nitrogen and oxygen atoms in total. The van der Waals surface area contributed by atoms with Crippen molar-refractivity contribution in [2.24, 2.45) is 0 Å². The topological polar surface area (TPSA) is 12.0 Å². The maximum atomic E-state index is 3.37. The number of fused-ring (bicyclic) bond motifs is 1. The van der Waals surface area contributed by atoms with Gasteiger partial charge in [0.25, 0.3) is 0 Å². The number of nitrogens with one attached hydrogen (secondary N) is 1. The van der Waals surface area contributed by atoms with E-state index in [-0.39, 0.29) is 0 Å². The van der Waals surface area contributed by atoms with Gasteiger partial charge in [-0.15, -0.1) is 11.3 Å². The minimum Gasteiger partial charge on any atom is -0.312 e. The minimum atomic E-state index is 1.09. The van der Waals surface area contributed by atoms with Crippen molar-refractivity contribution in [3.8, 4) is 0 Å². The molecule has 1 N–H and O–H groups in total. The fourth-order valence-electron chi connectivity index (χ4n) is 1.38. The van der Waals surface area contributed by atoms with Gasteiger partial charge in [-0.05, 0) is 29.9 Å². The molecule has 0 saturated heterocycles. The zero-order valence-corrected chi connectivity index (χ0v) is 6.92. The largest absolute Gasteiger partial charge is 0.312 e. The Balaban J connectivity index is 2.45. The van der Waals surface area contributed by atoms with Crippen LogP contribution >= 0.6 is 11.3 Å². The monoisotopic (exact) mass is 153 g/mol. The molecule has 1 aromatic heterocycles. The Morgan fingerprint density at radius 1 is 1.60 bits per heavy atom. The van der Waals surface area contributed by atoms with Gasteiger partial charge >= 0.3 is 0 Å². The lowest BCUT2D eigenvalue weighted by Crippen LogP contribution is -2.22. The summed E-state index contributed by atoms with van der Waals surface area (Å²) in [7, 11) is 0. The molecule has 2 rings (SSSR count). The van der Waals surface area contributed by atoms with Crippen LogP contribution < -0.4 is 5.32 Å². The van der Waals surface area contributed by atoms with Gasteiger partial charge in [-0.3, -0.25) is 0 Å². The molecule has 0 unspecified atom stereocenters. The highest BCUT2D eigenvalue weighted by atomic mass is 32.1. The summed E-state index contributed by atoms with van der Waals surface area (Å²) in [6.45, 7) is 4.44. The van der Waals surface area contributed by atoms with E-state index in [1.54, 1.807) is 10.4 Å². The fraction of sp³-hybridized carbons (Fsp3) is 0.500. The van der Waals surface area contributed by atoms with E-state index in [0.717, 1.165) is 13.1 Å². The highest BCUT2D eigenvalue weighted by molar-refractivity contribution is 7.10. The van der Waals surface area contributed by atoms with Crippen LogP contribution in [0.3, 0.4) is 0 Å². The van der Waals surface area contributed by atoms with E-state index in [1.165, 1.54) is 12.0 Å². The smallest absolute Gasteiger partial charge is 0.0219 e. The molecule has 0 atom stereocenters. The Kier molecular flexibility index (Phi) is 1.51. The number of aryl methyl sites for hydroxylation is 1. The maximum Gasteiger partial charge on any atom is 0.0219 e. The molecule has 0 aromatic carbocycles. The number of thiophene rings is 1. The van der Waals surface area contributed by atoms with Crippen molar-refractivity contribution in [2.45, 2.75) is 19.9 Å². The molecule has 0 spiro atoms. The van der Waals surface area contributed by atoms with Crippen molar-refractivity contribution in [3.05, 3.63) is 21.4 Å². The Labute approximate surface area is 65.1 Å². The van der Waals surface area contributed by atoms with Crippen LogP contribution in [0.1, 0.15) is 16.0 Å². The molecule has 2 heterocycles. The third kappa shape index (κ3) is 0.879. The van der Waals surface area contributed by atoms with Gasteiger partial charge in [0, 0.05) is 18.0 Å². The van der Waals surface area contributed by atoms with Gasteiger partial charge in [0.2, 0.25) is 0 Å². The summed E-state index contributed by atoms with van der Waals surface area (Å²) in [6.07, 6.45) is 1.23. The zero-order chi connectivity index (χ0) is 6.97. The molecule has 0 amide bonds. The summed E-state index contributed by atoms with van der Waals surface area (Å²) in [5, 5.41) is 5.64. The second kappa shape index (κ2) is 2.36.